The number of hydrogen-bond acceptors (Lipinski definition) is 4. The Morgan fingerprint density at radius 2 is 2.10 bits per heavy atom. The lowest BCUT2D eigenvalue weighted by molar-refractivity contribution is 0.0946. The van der Waals surface area contributed by atoms with Crippen LogP contribution in [-0.4, -0.2) is 43.6 Å². The summed E-state index contributed by atoms with van der Waals surface area (Å²) in [5.41, 5.74) is 4.84. The van der Waals surface area contributed by atoms with Crippen LogP contribution in [-0.2, 0) is 6.54 Å². The second-order valence-corrected chi connectivity index (χ2v) is 8.66. The maximum absolute atomic E-state index is 12.8. The number of nitrogens with one attached hydrogen (secondary N) is 3. The molecule has 152 valence electrons. The third-order valence-corrected chi connectivity index (χ3v) is 6.45. The van der Waals surface area contributed by atoms with Gasteiger partial charge in [0.15, 0.2) is 0 Å². The second-order valence-electron chi connectivity index (χ2n) is 8.66. The summed E-state index contributed by atoms with van der Waals surface area (Å²) in [5.74, 6) is 0.920. The average molecular weight is 400 g/mol. The van der Waals surface area contributed by atoms with Gasteiger partial charge in [-0.25, -0.2) is 4.98 Å². The largest absolute Gasteiger partial charge is 0.357 e. The monoisotopic (exact) mass is 400 g/mol. The van der Waals surface area contributed by atoms with Crippen LogP contribution < -0.4 is 5.32 Å². The SMILES string of the molecule is C[C@H]1CCN1Cc1cc2cnc(NC(=O)c3ccc4[nH]nc(C5CC5)c4c3)cc2[nH]1. The third kappa shape index (κ3) is 3.06. The lowest BCUT2D eigenvalue weighted by atomic mass is 10.1. The molecular weight excluding hydrogens is 376 g/mol. The van der Waals surface area contributed by atoms with E-state index in [-0.39, 0.29) is 5.91 Å². The highest BCUT2D eigenvalue weighted by atomic mass is 16.1. The van der Waals surface area contributed by atoms with Crippen LogP contribution in [0, 0.1) is 0 Å². The Kier molecular flexibility index (Phi) is 3.92. The van der Waals surface area contributed by atoms with Gasteiger partial charge in [-0.05, 0) is 50.5 Å². The van der Waals surface area contributed by atoms with E-state index < -0.39 is 0 Å². The Bertz CT molecular complexity index is 1270. The number of carbonyl (C=O) groups is 1. The maximum Gasteiger partial charge on any atom is 0.256 e. The highest BCUT2D eigenvalue weighted by Gasteiger charge is 2.28. The molecule has 2 fully saturated rings. The zero-order valence-corrected chi connectivity index (χ0v) is 16.9. The molecule has 4 aromatic rings. The molecule has 7 nitrogen and oxygen atoms in total. The number of nitrogens with zero attached hydrogens (tertiary/aromatic N) is 3. The molecule has 6 rings (SSSR count). The van der Waals surface area contributed by atoms with E-state index >= 15 is 0 Å². The number of benzene rings is 1. The first kappa shape index (κ1) is 17.7. The van der Waals surface area contributed by atoms with Crippen LogP contribution in [0.25, 0.3) is 21.8 Å². The predicted octanol–water partition coefficient (Wildman–Crippen LogP) is 4.16. The van der Waals surface area contributed by atoms with Gasteiger partial charge in [0.25, 0.3) is 5.91 Å². The van der Waals surface area contributed by atoms with Gasteiger partial charge in [-0.3, -0.25) is 14.8 Å². The van der Waals surface area contributed by atoms with Crippen LogP contribution in [0.15, 0.2) is 36.5 Å². The van der Waals surface area contributed by atoms with E-state index in [2.05, 4.69) is 43.4 Å². The standard InChI is InChI=1S/C23H24N6O/c1-13-6-7-29(13)12-17-8-16-11-24-21(10-20(16)25-17)26-23(30)15-4-5-19-18(9-15)22(28-27-19)14-2-3-14/h4-5,8-11,13-14,25H,2-3,6-7,12H2,1H3,(H,27,28)(H,24,26,30)/t13-/m0/s1. The van der Waals surface area contributed by atoms with E-state index in [4.69, 9.17) is 0 Å². The predicted molar refractivity (Wildman–Crippen MR) is 117 cm³/mol. The minimum atomic E-state index is -0.159. The fraction of sp³-hybridized carbons (Fsp3) is 0.348. The van der Waals surface area contributed by atoms with Crippen molar-refractivity contribution >= 4 is 33.5 Å². The molecule has 0 unspecified atom stereocenters. The number of fused-ring (bicyclic) bond motifs is 2. The normalized spacial score (nSPS) is 19.3. The minimum Gasteiger partial charge on any atom is -0.357 e. The number of hydrogen-bond donors (Lipinski definition) is 3. The fourth-order valence-corrected chi connectivity index (χ4v) is 4.30. The summed E-state index contributed by atoms with van der Waals surface area (Å²) < 4.78 is 0. The van der Waals surface area contributed by atoms with Gasteiger partial charge in [-0.15, -0.1) is 0 Å². The molecule has 3 N–H and O–H groups in total. The van der Waals surface area contributed by atoms with Crippen molar-refractivity contribution in [2.24, 2.45) is 0 Å². The third-order valence-electron chi connectivity index (χ3n) is 6.45. The second kappa shape index (κ2) is 6.67. The number of aromatic nitrogens is 4. The van der Waals surface area contributed by atoms with E-state index in [1.54, 1.807) is 0 Å². The number of anilines is 1. The fourth-order valence-electron chi connectivity index (χ4n) is 4.30. The molecule has 1 aliphatic heterocycles. The first-order chi connectivity index (χ1) is 14.6. The number of likely N-dealkylation sites (tertiary alicyclic amines) is 1. The number of amides is 1. The molecule has 4 heterocycles. The minimum absolute atomic E-state index is 0.159. The molecule has 1 saturated heterocycles. The van der Waals surface area contributed by atoms with Crippen molar-refractivity contribution in [1.82, 2.24) is 25.1 Å². The molecule has 1 atom stereocenters. The maximum atomic E-state index is 12.8. The van der Waals surface area contributed by atoms with Crippen molar-refractivity contribution < 1.29 is 4.79 Å². The molecular formula is C23H24N6O. The van der Waals surface area contributed by atoms with Gasteiger partial charge in [0, 0.05) is 59.3 Å². The highest BCUT2D eigenvalue weighted by Crippen LogP contribution is 2.42. The number of aromatic amines is 2. The summed E-state index contributed by atoms with van der Waals surface area (Å²) in [6.07, 6.45) is 5.43. The Morgan fingerprint density at radius 1 is 1.20 bits per heavy atom. The van der Waals surface area contributed by atoms with Crippen LogP contribution in [0.2, 0.25) is 0 Å². The Balaban J connectivity index is 1.22. The summed E-state index contributed by atoms with van der Waals surface area (Å²) in [6, 6.07) is 10.4. The summed E-state index contributed by atoms with van der Waals surface area (Å²) >= 11 is 0. The molecule has 1 aliphatic carbocycles. The van der Waals surface area contributed by atoms with Gasteiger partial charge in [0.1, 0.15) is 5.82 Å². The van der Waals surface area contributed by atoms with Crippen molar-refractivity contribution in [3.63, 3.8) is 0 Å². The number of rotatable bonds is 5. The van der Waals surface area contributed by atoms with Crippen molar-refractivity contribution in [3.05, 3.63) is 53.5 Å². The lowest BCUT2D eigenvalue weighted by Gasteiger charge is -2.38. The summed E-state index contributed by atoms with van der Waals surface area (Å²) in [6.45, 7) is 4.33. The Labute approximate surface area is 173 Å². The first-order valence-corrected chi connectivity index (χ1v) is 10.6. The summed E-state index contributed by atoms with van der Waals surface area (Å²) in [7, 11) is 0. The van der Waals surface area contributed by atoms with Crippen LogP contribution in [0.1, 0.15) is 53.8 Å². The van der Waals surface area contributed by atoms with E-state index in [9.17, 15) is 4.79 Å². The summed E-state index contributed by atoms with van der Waals surface area (Å²) in [4.78, 5) is 23.2. The van der Waals surface area contributed by atoms with Crippen molar-refractivity contribution in [1.29, 1.82) is 0 Å². The molecule has 2 aliphatic rings. The molecule has 1 saturated carbocycles. The molecule has 1 amide bonds. The van der Waals surface area contributed by atoms with Crippen LogP contribution in [0.3, 0.4) is 0 Å². The van der Waals surface area contributed by atoms with E-state index in [1.807, 2.05) is 30.5 Å². The number of pyridine rings is 1. The smallest absolute Gasteiger partial charge is 0.256 e. The van der Waals surface area contributed by atoms with Crippen LogP contribution in [0.5, 0.6) is 0 Å². The lowest BCUT2D eigenvalue weighted by Crippen LogP contribution is -2.44. The number of H-pyrrole nitrogens is 2. The molecule has 30 heavy (non-hydrogen) atoms. The van der Waals surface area contributed by atoms with Gasteiger partial charge >= 0.3 is 0 Å². The zero-order chi connectivity index (χ0) is 20.2. The highest BCUT2D eigenvalue weighted by molar-refractivity contribution is 6.06. The van der Waals surface area contributed by atoms with E-state index in [1.165, 1.54) is 25.0 Å². The van der Waals surface area contributed by atoms with Gasteiger partial charge in [0.2, 0.25) is 0 Å². The molecule has 3 aromatic heterocycles. The van der Waals surface area contributed by atoms with E-state index in [0.717, 1.165) is 40.6 Å². The average Bonchev–Trinajstić information content (AvgIpc) is 3.37. The molecule has 7 heteroatoms. The molecule has 1 aromatic carbocycles. The first-order valence-electron chi connectivity index (χ1n) is 10.6. The number of carbonyl (C=O) groups excluding carboxylic acids is 1. The van der Waals surface area contributed by atoms with Gasteiger partial charge in [-0.1, -0.05) is 0 Å². The zero-order valence-electron chi connectivity index (χ0n) is 16.9. The topological polar surface area (TPSA) is 89.7 Å². The quantitative estimate of drug-likeness (QED) is 0.469. The molecule has 0 radical (unpaired) electrons. The summed E-state index contributed by atoms with van der Waals surface area (Å²) in [5, 5.41) is 12.6. The molecule has 0 bridgehead atoms. The van der Waals surface area contributed by atoms with Gasteiger partial charge < -0.3 is 10.3 Å². The van der Waals surface area contributed by atoms with Crippen molar-refractivity contribution in [2.45, 2.75) is 44.7 Å². The molecule has 0 spiro atoms. The van der Waals surface area contributed by atoms with Crippen molar-refractivity contribution in [3.8, 4) is 0 Å². The van der Waals surface area contributed by atoms with Crippen LogP contribution in [0.4, 0.5) is 5.82 Å². The Morgan fingerprint density at radius 3 is 2.87 bits per heavy atom. The van der Waals surface area contributed by atoms with Crippen molar-refractivity contribution in [2.75, 3.05) is 11.9 Å². The Hall–Kier alpha value is -3.19. The van der Waals surface area contributed by atoms with Gasteiger partial charge in [-0.2, -0.15) is 5.10 Å². The van der Waals surface area contributed by atoms with Gasteiger partial charge in [0.05, 0.1) is 16.7 Å². The van der Waals surface area contributed by atoms with E-state index in [0.29, 0.717) is 23.3 Å². The van der Waals surface area contributed by atoms with Crippen LogP contribution >= 0.6 is 0 Å².